The van der Waals surface area contributed by atoms with Crippen LogP contribution in [0.5, 0.6) is 5.75 Å². The Labute approximate surface area is 84.8 Å². The van der Waals surface area contributed by atoms with Crippen LogP contribution in [0.2, 0.25) is 0 Å². The lowest BCUT2D eigenvalue weighted by Gasteiger charge is -2.03. The molecule has 3 nitrogen and oxygen atoms in total. The third-order valence-electron chi connectivity index (χ3n) is 1.61. The van der Waals surface area contributed by atoms with Crippen molar-refractivity contribution in [2.24, 2.45) is 0 Å². The van der Waals surface area contributed by atoms with Crippen LogP contribution < -0.4 is 5.32 Å². The van der Waals surface area contributed by atoms with Gasteiger partial charge in [0.2, 0.25) is 6.41 Å². The molecule has 0 bridgehead atoms. The van der Waals surface area contributed by atoms with E-state index in [1.165, 1.54) is 0 Å². The molecule has 78 valence electrons. The predicted molar refractivity (Wildman–Crippen MR) is 57.1 cm³/mol. The first kappa shape index (κ1) is 12.5. The van der Waals surface area contributed by atoms with Gasteiger partial charge < -0.3 is 10.4 Å². The van der Waals surface area contributed by atoms with Crippen LogP contribution in [0.25, 0.3) is 0 Å². The van der Waals surface area contributed by atoms with Crippen LogP contribution in [-0.4, -0.2) is 11.5 Å². The van der Waals surface area contributed by atoms with Crippen molar-refractivity contribution in [1.29, 1.82) is 0 Å². The van der Waals surface area contributed by atoms with Gasteiger partial charge in [-0.3, -0.25) is 4.79 Å². The highest BCUT2D eigenvalue weighted by Crippen LogP contribution is 2.17. The Balaban J connectivity index is 0.000000791. The van der Waals surface area contributed by atoms with Crippen molar-refractivity contribution in [1.82, 2.24) is 5.32 Å². The van der Waals surface area contributed by atoms with Gasteiger partial charge >= 0.3 is 0 Å². The Morgan fingerprint density at radius 3 is 2.64 bits per heavy atom. The number of benzene rings is 1. The molecule has 0 unspecified atom stereocenters. The number of phenolic OH excluding ortho intramolecular Hbond substituents is 1. The Kier molecular flexibility index (Phi) is 6.20. The van der Waals surface area contributed by atoms with Gasteiger partial charge in [0.25, 0.3) is 0 Å². The summed E-state index contributed by atoms with van der Waals surface area (Å²) >= 11 is 0. The van der Waals surface area contributed by atoms with Crippen molar-refractivity contribution < 1.29 is 9.90 Å². The van der Waals surface area contributed by atoms with Crippen LogP contribution in [0.1, 0.15) is 25.0 Å². The van der Waals surface area contributed by atoms with Crippen LogP contribution in [0, 0.1) is 6.92 Å². The fourth-order valence-corrected chi connectivity index (χ4v) is 1.01. The first-order chi connectivity index (χ1) is 6.74. The molecule has 0 fully saturated rings. The first-order valence-electron chi connectivity index (χ1n) is 4.69. The average molecular weight is 195 g/mol. The molecular formula is C11H17NO2. The lowest BCUT2D eigenvalue weighted by atomic mass is 10.1. The van der Waals surface area contributed by atoms with E-state index in [4.69, 9.17) is 0 Å². The minimum absolute atomic E-state index is 0.218. The molecule has 0 radical (unpaired) electrons. The second-order valence-corrected chi connectivity index (χ2v) is 2.63. The Morgan fingerprint density at radius 1 is 1.43 bits per heavy atom. The van der Waals surface area contributed by atoms with Gasteiger partial charge in [-0.25, -0.2) is 0 Å². The zero-order valence-electron chi connectivity index (χ0n) is 8.87. The van der Waals surface area contributed by atoms with Gasteiger partial charge in [-0.2, -0.15) is 0 Å². The van der Waals surface area contributed by atoms with Gasteiger partial charge in [0.05, 0.1) is 0 Å². The molecule has 0 aliphatic heterocycles. The van der Waals surface area contributed by atoms with Gasteiger partial charge in [-0.05, 0) is 13.0 Å². The normalized spacial score (nSPS) is 8.50. The highest BCUT2D eigenvalue weighted by atomic mass is 16.3. The second-order valence-electron chi connectivity index (χ2n) is 2.63. The summed E-state index contributed by atoms with van der Waals surface area (Å²) in [5.74, 6) is 0.218. The van der Waals surface area contributed by atoms with E-state index in [2.05, 4.69) is 5.32 Å². The molecule has 14 heavy (non-hydrogen) atoms. The maximum Gasteiger partial charge on any atom is 0.207 e. The second kappa shape index (κ2) is 6.95. The third kappa shape index (κ3) is 3.94. The Hall–Kier alpha value is -1.51. The van der Waals surface area contributed by atoms with E-state index in [-0.39, 0.29) is 5.75 Å². The van der Waals surface area contributed by atoms with Crippen molar-refractivity contribution in [3.63, 3.8) is 0 Å². The number of hydrogen-bond acceptors (Lipinski definition) is 2. The predicted octanol–water partition coefficient (Wildman–Crippen LogP) is 1.97. The van der Waals surface area contributed by atoms with Gasteiger partial charge in [0.15, 0.2) is 0 Å². The van der Waals surface area contributed by atoms with Crippen molar-refractivity contribution in [2.45, 2.75) is 27.3 Å². The highest BCUT2D eigenvalue weighted by Gasteiger charge is 1.98. The minimum Gasteiger partial charge on any atom is -0.508 e. The standard InChI is InChI=1S/C9H11NO2.C2H6/c1-7-2-3-9(12)8(4-7)5-10-6-11;1-2/h2-4,6,12H,5H2,1H3,(H,10,11);1-2H3. The van der Waals surface area contributed by atoms with E-state index in [0.717, 1.165) is 11.1 Å². The SMILES string of the molecule is CC.Cc1ccc(O)c(CNC=O)c1. The van der Waals surface area contributed by atoms with Crippen LogP contribution in [0.3, 0.4) is 0 Å². The molecule has 1 aromatic rings. The molecule has 3 heteroatoms. The number of aromatic hydroxyl groups is 1. The molecule has 0 saturated heterocycles. The Bertz CT molecular complexity index is 285. The monoisotopic (exact) mass is 195 g/mol. The number of amides is 1. The van der Waals surface area contributed by atoms with Crippen LogP contribution in [0.15, 0.2) is 18.2 Å². The van der Waals surface area contributed by atoms with Gasteiger partial charge in [-0.15, -0.1) is 0 Å². The summed E-state index contributed by atoms with van der Waals surface area (Å²) in [5, 5.41) is 11.8. The van der Waals surface area contributed by atoms with E-state index in [1.54, 1.807) is 6.07 Å². The fourth-order valence-electron chi connectivity index (χ4n) is 1.01. The summed E-state index contributed by atoms with van der Waals surface area (Å²) in [6.45, 7) is 6.31. The highest BCUT2D eigenvalue weighted by molar-refractivity contribution is 5.47. The molecule has 0 saturated carbocycles. The van der Waals surface area contributed by atoms with Crippen molar-refractivity contribution in [3.8, 4) is 5.75 Å². The lowest BCUT2D eigenvalue weighted by molar-refractivity contribution is -0.109. The fraction of sp³-hybridized carbons (Fsp3) is 0.364. The summed E-state index contributed by atoms with van der Waals surface area (Å²) in [5.41, 5.74) is 1.80. The quantitative estimate of drug-likeness (QED) is 0.724. The van der Waals surface area contributed by atoms with Crippen LogP contribution >= 0.6 is 0 Å². The summed E-state index contributed by atoms with van der Waals surface area (Å²) in [4.78, 5) is 9.98. The molecule has 0 aromatic heterocycles. The van der Waals surface area contributed by atoms with E-state index < -0.39 is 0 Å². The zero-order valence-corrected chi connectivity index (χ0v) is 8.87. The largest absolute Gasteiger partial charge is 0.508 e. The lowest BCUT2D eigenvalue weighted by Crippen LogP contribution is -2.09. The molecule has 1 aromatic carbocycles. The first-order valence-corrected chi connectivity index (χ1v) is 4.69. The average Bonchev–Trinajstić information content (AvgIpc) is 2.22. The minimum atomic E-state index is 0.218. The van der Waals surface area contributed by atoms with Gasteiger partial charge in [0.1, 0.15) is 5.75 Å². The summed E-state index contributed by atoms with van der Waals surface area (Å²) in [7, 11) is 0. The third-order valence-corrected chi connectivity index (χ3v) is 1.61. The number of hydrogen-bond donors (Lipinski definition) is 2. The summed E-state index contributed by atoms with van der Waals surface area (Å²) in [6, 6.07) is 5.28. The van der Waals surface area contributed by atoms with Crippen LogP contribution in [-0.2, 0) is 11.3 Å². The van der Waals surface area contributed by atoms with Gasteiger partial charge in [0, 0.05) is 12.1 Å². The van der Waals surface area contributed by atoms with Crippen molar-refractivity contribution in [3.05, 3.63) is 29.3 Å². The van der Waals surface area contributed by atoms with Crippen molar-refractivity contribution in [2.75, 3.05) is 0 Å². The van der Waals surface area contributed by atoms with Gasteiger partial charge in [-0.1, -0.05) is 31.5 Å². The number of rotatable bonds is 3. The molecule has 0 heterocycles. The molecule has 0 atom stereocenters. The molecule has 0 aliphatic carbocycles. The maximum absolute atomic E-state index is 9.98. The number of phenols is 1. The molecule has 2 N–H and O–H groups in total. The topological polar surface area (TPSA) is 49.3 Å². The number of carbonyl (C=O) groups is 1. The van der Waals surface area contributed by atoms with E-state index in [9.17, 15) is 9.90 Å². The van der Waals surface area contributed by atoms with Crippen LogP contribution in [0.4, 0.5) is 0 Å². The number of carbonyl (C=O) groups excluding carboxylic acids is 1. The van der Waals surface area contributed by atoms with Crippen molar-refractivity contribution >= 4 is 6.41 Å². The van der Waals surface area contributed by atoms with E-state index >= 15 is 0 Å². The molecular weight excluding hydrogens is 178 g/mol. The smallest absolute Gasteiger partial charge is 0.207 e. The van der Waals surface area contributed by atoms with E-state index in [0.29, 0.717) is 13.0 Å². The maximum atomic E-state index is 9.98. The zero-order chi connectivity index (χ0) is 11.0. The number of nitrogens with one attached hydrogen (secondary N) is 1. The Morgan fingerprint density at radius 2 is 2.07 bits per heavy atom. The molecule has 1 rings (SSSR count). The summed E-state index contributed by atoms with van der Waals surface area (Å²) in [6.07, 6.45) is 0.613. The number of aryl methyl sites for hydroxylation is 1. The summed E-state index contributed by atoms with van der Waals surface area (Å²) < 4.78 is 0. The van der Waals surface area contributed by atoms with E-state index in [1.807, 2.05) is 32.9 Å². The molecule has 0 spiro atoms. The molecule has 0 aliphatic rings. The molecule has 1 amide bonds.